The van der Waals surface area contributed by atoms with Gasteiger partial charge in [0.15, 0.2) is 0 Å². The third-order valence-electron chi connectivity index (χ3n) is 3.43. The number of rotatable bonds is 6. The number of hydrogen-bond donors (Lipinski definition) is 1. The van der Waals surface area contributed by atoms with Crippen LogP contribution in [0.1, 0.15) is 39.7 Å². The van der Waals surface area contributed by atoms with Crippen LogP contribution in [0, 0.1) is 23.2 Å². The molecule has 108 valence electrons. The molecule has 0 bridgehead atoms. The van der Waals surface area contributed by atoms with Crippen molar-refractivity contribution in [3.8, 4) is 6.07 Å². The number of amides is 1. The molecule has 20 heavy (non-hydrogen) atoms. The number of carbonyl (C=O) groups excluding carboxylic acids is 1. The Morgan fingerprint density at radius 2 is 1.90 bits per heavy atom. The molecule has 1 unspecified atom stereocenters. The predicted octanol–water partition coefficient (Wildman–Crippen LogP) is 3.31. The largest absolute Gasteiger partial charge is 0.350 e. The van der Waals surface area contributed by atoms with Crippen molar-refractivity contribution in [1.82, 2.24) is 5.32 Å². The molecule has 1 aromatic carbocycles. The Balaban J connectivity index is 2.57. The molecule has 1 atom stereocenters. The minimum absolute atomic E-state index is 0.0323. The second-order valence-electron chi connectivity index (χ2n) is 6.21. The zero-order chi connectivity index (χ0) is 15.2. The van der Waals surface area contributed by atoms with Crippen LogP contribution in [0.4, 0.5) is 0 Å². The summed E-state index contributed by atoms with van der Waals surface area (Å²) in [5.74, 6) is -0.712. The molecule has 0 aliphatic carbocycles. The van der Waals surface area contributed by atoms with Crippen LogP contribution < -0.4 is 5.32 Å². The minimum atomic E-state index is -0.578. The number of aryl methyl sites for hydroxylation is 1. The summed E-state index contributed by atoms with van der Waals surface area (Å²) in [5, 5.41) is 12.1. The summed E-state index contributed by atoms with van der Waals surface area (Å²) in [7, 11) is 0. The topological polar surface area (TPSA) is 52.9 Å². The predicted molar refractivity (Wildman–Crippen MR) is 80.9 cm³/mol. The van der Waals surface area contributed by atoms with E-state index in [0.29, 0.717) is 0 Å². The molecule has 3 nitrogen and oxygen atoms in total. The van der Waals surface area contributed by atoms with Crippen LogP contribution >= 0.6 is 0 Å². The van der Waals surface area contributed by atoms with Crippen molar-refractivity contribution in [2.75, 3.05) is 0 Å². The van der Waals surface area contributed by atoms with Crippen molar-refractivity contribution in [2.45, 2.75) is 46.1 Å². The summed E-state index contributed by atoms with van der Waals surface area (Å²) in [6.07, 6.45) is 1.76. The van der Waals surface area contributed by atoms with E-state index in [1.807, 2.05) is 45.9 Å². The summed E-state index contributed by atoms with van der Waals surface area (Å²) in [6.45, 7) is 7.79. The van der Waals surface area contributed by atoms with Crippen LogP contribution in [0.15, 0.2) is 30.3 Å². The molecular formula is C17H24N2O. The fourth-order valence-corrected chi connectivity index (χ4v) is 2.09. The smallest absolute Gasteiger partial charge is 0.238 e. The van der Waals surface area contributed by atoms with Gasteiger partial charge in [-0.2, -0.15) is 5.26 Å². The first-order valence-electron chi connectivity index (χ1n) is 7.11. The van der Waals surface area contributed by atoms with E-state index < -0.39 is 5.92 Å². The molecular weight excluding hydrogens is 248 g/mol. The van der Waals surface area contributed by atoms with E-state index in [1.54, 1.807) is 0 Å². The molecule has 0 saturated heterocycles. The van der Waals surface area contributed by atoms with Crippen LogP contribution in [0.25, 0.3) is 0 Å². The molecule has 1 N–H and O–H groups in total. The SMILES string of the molecule is CC(C)C(C#N)C(=O)NC(C)(C)CCc1ccccc1. The lowest BCUT2D eigenvalue weighted by molar-refractivity contribution is -0.126. The zero-order valence-corrected chi connectivity index (χ0v) is 12.8. The van der Waals surface area contributed by atoms with Crippen molar-refractivity contribution in [2.24, 2.45) is 11.8 Å². The van der Waals surface area contributed by atoms with Crippen molar-refractivity contribution >= 4 is 5.91 Å². The van der Waals surface area contributed by atoms with E-state index in [-0.39, 0.29) is 17.4 Å². The van der Waals surface area contributed by atoms with Gasteiger partial charge in [0.2, 0.25) is 5.91 Å². The summed E-state index contributed by atoms with van der Waals surface area (Å²) < 4.78 is 0. The molecule has 0 aliphatic heterocycles. The molecule has 0 fully saturated rings. The molecule has 0 heterocycles. The number of benzene rings is 1. The highest BCUT2D eigenvalue weighted by atomic mass is 16.2. The number of hydrogen-bond acceptors (Lipinski definition) is 2. The van der Waals surface area contributed by atoms with Gasteiger partial charge in [-0.15, -0.1) is 0 Å². The Labute approximate surface area is 122 Å². The maximum absolute atomic E-state index is 12.1. The first-order valence-corrected chi connectivity index (χ1v) is 7.11. The molecule has 1 amide bonds. The van der Waals surface area contributed by atoms with E-state index in [2.05, 4.69) is 23.5 Å². The fourth-order valence-electron chi connectivity index (χ4n) is 2.09. The van der Waals surface area contributed by atoms with Gasteiger partial charge in [0.1, 0.15) is 5.92 Å². The van der Waals surface area contributed by atoms with Crippen LogP contribution in [-0.4, -0.2) is 11.4 Å². The third kappa shape index (κ3) is 5.05. The normalized spacial score (nSPS) is 12.8. The van der Waals surface area contributed by atoms with Crippen molar-refractivity contribution < 1.29 is 4.79 Å². The molecule has 1 rings (SSSR count). The molecule has 0 radical (unpaired) electrons. The Morgan fingerprint density at radius 3 is 2.40 bits per heavy atom. The molecule has 0 aliphatic rings. The average Bonchev–Trinajstić information content (AvgIpc) is 2.37. The van der Waals surface area contributed by atoms with E-state index in [0.717, 1.165) is 12.8 Å². The van der Waals surface area contributed by atoms with Gasteiger partial charge < -0.3 is 5.32 Å². The first kappa shape index (κ1) is 16.2. The number of nitrogens with zero attached hydrogens (tertiary/aromatic N) is 1. The third-order valence-corrected chi connectivity index (χ3v) is 3.43. The van der Waals surface area contributed by atoms with E-state index >= 15 is 0 Å². The quantitative estimate of drug-likeness (QED) is 0.863. The Hall–Kier alpha value is -1.82. The maximum atomic E-state index is 12.1. The second-order valence-corrected chi connectivity index (χ2v) is 6.21. The minimum Gasteiger partial charge on any atom is -0.350 e. The number of nitrogens with one attached hydrogen (secondary N) is 1. The molecule has 1 aromatic rings. The van der Waals surface area contributed by atoms with Gasteiger partial charge in [-0.1, -0.05) is 44.2 Å². The summed E-state index contributed by atoms with van der Waals surface area (Å²) in [4.78, 5) is 12.1. The highest BCUT2D eigenvalue weighted by Crippen LogP contribution is 2.16. The van der Waals surface area contributed by atoms with Gasteiger partial charge >= 0.3 is 0 Å². The number of carbonyl (C=O) groups is 1. The maximum Gasteiger partial charge on any atom is 0.238 e. The van der Waals surface area contributed by atoms with E-state index in [1.165, 1.54) is 5.56 Å². The Bertz CT molecular complexity index is 472. The zero-order valence-electron chi connectivity index (χ0n) is 12.8. The van der Waals surface area contributed by atoms with E-state index in [4.69, 9.17) is 5.26 Å². The molecule has 0 aromatic heterocycles. The van der Waals surface area contributed by atoms with Crippen LogP contribution in [0.5, 0.6) is 0 Å². The summed E-state index contributed by atoms with van der Waals surface area (Å²) in [5.41, 5.74) is 0.951. The van der Waals surface area contributed by atoms with Crippen LogP contribution in [0.3, 0.4) is 0 Å². The highest BCUT2D eigenvalue weighted by Gasteiger charge is 2.27. The molecule has 0 spiro atoms. The lowest BCUT2D eigenvalue weighted by atomic mass is 9.92. The Kier molecular flexibility index (Phi) is 5.76. The van der Waals surface area contributed by atoms with Gasteiger partial charge in [0.05, 0.1) is 6.07 Å². The van der Waals surface area contributed by atoms with Crippen molar-refractivity contribution in [3.63, 3.8) is 0 Å². The van der Waals surface area contributed by atoms with Gasteiger partial charge in [0, 0.05) is 5.54 Å². The highest BCUT2D eigenvalue weighted by molar-refractivity contribution is 5.81. The van der Waals surface area contributed by atoms with Crippen LogP contribution in [-0.2, 0) is 11.2 Å². The summed E-state index contributed by atoms with van der Waals surface area (Å²) >= 11 is 0. The lowest BCUT2D eigenvalue weighted by Gasteiger charge is -2.28. The van der Waals surface area contributed by atoms with Gasteiger partial charge in [-0.3, -0.25) is 4.79 Å². The summed E-state index contributed by atoms with van der Waals surface area (Å²) in [6, 6.07) is 12.3. The fraction of sp³-hybridized carbons (Fsp3) is 0.529. The van der Waals surface area contributed by atoms with Crippen LogP contribution in [0.2, 0.25) is 0 Å². The first-order chi connectivity index (χ1) is 9.35. The monoisotopic (exact) mass is 272 g/mol. The van der Waals surface area contributed by atoms with Gasteiger partial charge in [-0.05, 0) is 38.2 Å². The molecule has 0 saturated carbocycles. The van der Waals surface area contributed by atoms with Crippen molar-refractivity contribution in [3.05, 3.63) is 35.9 Å². The molecule has 3 heteroatoms. The van der Waals surface area contributed by atoms with Crippen molar-refractivity contribution in [1.29, 1.82) is 5.26 Å². The van der Waals surface area contributed by atoms with E-state index in [9.17, 15) is 4.79 Å². The Morgan fingerprint density at radius 1 is 1.30 bits per heavy atom. The standard InChI is InChI=1S/C17H24N2O/c1-13(2)15(12-18)16(20)19-17(3,4)11-10-14-8-6-5-7-9-14/h5-9,13,15H,10-11H2,1-4H3,(H,19,20). The van der Waals surface area contributed by atoms with Gasteiger partial charge in [0.25, 0.3) is 0 Å². The lowest BCUT2D eigenvalue weighted by Crippen LogP contribution is -2.47. The average molecular weight is 272 g/mol. The number of nitriles is 1. The second kappa shape index (κ2) is 7.09. The van der Waals surface area contributed by atoms with Gasteiger partial charge in [-0.25, -0.2) is 0 Å².